The molecule has 0 aliphatic heterocycles. The van der Waals surface area contributed by atoms with Crippen LogP contribution in [0.4, 0.5) is 10.1 Å². The van der Waals surface area contributed by atoms with Gasteiger partial charge in [0.2, 0.25) is 5.91 Å². The first-order valence-electron chi connectivity index (χ1n) is 7.62. The van der Waals surface area contributed by atoms with Crippen molar-refractivity contribution in [3.8, 4) is 11.4 Å². The Bertz CT molecular complexity index is 888. The molecule has 0 fully saturated rings. The first-order valence-corrected chi connectivity index (χ1v) is 8.50. The van der Waals surface area contributed by atoms with Crippen LogP contribution in [0.2, 0.25) is 0 Å². The highest BCUT2D eigenvalue weighted by Crippen LogP contribution is 2.28. The number of carbonyl (C=O) groups is 1. The van der Waals surface area contributed by atoms with Crippen LogP contribution in [-0.4, -0.2) is 25.9 Å². The number of nitrogens with zero attached hydrogens (tertiary/aromatic N) is 3. The minimum Gasteiger partial charge on any atom is -0.469 e. The predicted octanol–water partition coefficient (Wildman–Crippen LogP) is 3.64. The number of halogens is 1. The van der Waals surface area contributed by atoms with E-state index in [2.05, 4.69) is 15.5 Å². The molecule has 1 atom stereocenters. The smallest absolute Gasteiger partial charge is 0.237 e. The quantitative estimate of drug-likeness (QED) is 0.703. The number of benzene rings is 1. The zero-order valence-corrected chi connectivity index (χ0v) is 14.8. The Morgan fingerprint density at radius 3 is 2.64 bits per heavy atom. The average Bonchev–Trinajstić information content (AvgIpc) is 3.16. The van der Waals surface area contributed by atoms with E-state index in [1.54, 1.807) is 13.2 Å². The molecule has 0 aliphatic carbocycles. The van der Waals surface area contributed by atoms with Gasteiger partial charge in [0.1, 0.15) is 11.6 Å². The van der Waals surface area contributed by atoms with Crippen molar-refractivity contribution in [2.75, 3.05) is 5.32 Å². The second-order valence-electron chi connectivity index (χ2n) is 5.51. The van der Waals surface area contributed by atoms with Crippen molar-refractivity contribution >= 4 is 23.4 Å². The van der Waals surface area contributed by atoms with E-state index in [4.69, 9.17) is 4.42 Å². The normalized spacial score (nSPS) is 12.2. The summed E-state index contributed by atoms with van der Waals surface area (Å²) >= 11 is 1.30. The van der Waals surface area contributed by atoms with Crippen LogP contribution in [0.15, 0.2) is 46.2 Å². The fourth-order valence-corrected chi connectivity index (χ4v) is 3.07. The highest BCUT2D eigenvalue weighted by Gasteiger charge is 2.20. The molecule has 2 aromatic heterocycles. The number of hydrogen-bond donors (Lipinski definition) is 1. The molecule has 0 bridgehead atoms. The SMILES string of the molecule is Cc1occc1-c1nnc(SC(C)C(=O)Nc2ccc(F)cc2)n1C. The first kappa shape index (κ1) is 17.2. The molecule has 8 heteroatoms. The van der Waals surface area contributed by atoms with Crippen molar-refractivity contribution in [2.24, 2.45) is 7.05 Å². The lowest BCUT2D eigenvalue weighted by atomic mass is 10.2. The maximum Gasteiger partial charge on any atom is 0.237 e. The van der Waals surface area contributed by atoms with Crippen molar-refractivity contribution in [1.82, 2.24) is 14.8 Å². The largest absolute Gasteiger partial charge is 0.469 e. The van der Waals surface area contributed by atoms with Gasteiger partial charge >= 0.3 is 0 Å². The number of anilines is 1. The number of carbonyl (C=O) groups excluding carboxylic acids is 1. The van der Waals surface area contributed by atoms with Gasteiger partial charge in [0.05, 0.1) is 17.1 Å². The van der Waals surface area contributed by atoms with Crippen molar-refractivity contribution in [3.63, 3.8) is 0 Å². The molecular weight excluding hydrogens is 343 g/mol. The molecule has 0 saturated heterocycles. The van der Waals surface area contributed by atoms with Crippen molar-refractivity contribution in [1.29, 1.82) is 0 Å². The van der Waals surface area contributed by atoms with Gasteiger partial charge in [-0.25, -0.2) is 4.39 Å². The molecule has 2 heterocycles. The van der Waals surface area contributed by atoms with E-state index < -0.39 is 5.25 Å². The molecule has 1 unspecified atom stereocenters. The van der Waals surface area contributed by atoms with E-state index in [1.165, 1.54) is 36.0 Å². The third-order valence-corrected chi connectivity index (χ3v) is 4.83. The number of rotatable bonds is 5. The maximum absolute atomic E-state index is 12.9. The molecule has 1 amide bonds. The Labute approximate surface area is 148 Å². The summed E-state index contributed by atoms with van der Waals surface area (Å²) in [6, 6.07) is 7.48. The van der Waals surface area contributed by atoms with Gasteiger partial charge in [-0.05, 0) is 44.2 Å². The van der Waals surface area contributed by atoms with E-state index in [-0.39, 0.29) is 11.7 Å². The van der Waals surface area contributed by atoms with Gasteiger partial charge in [-0.2, -0.15) is 0 Å². The summed E-state index contributed by atoms with van der Waals surface area (Å²) < 4.78 is 20.0. The number of hydrogen-bond acceptors (Lipinski definition) is 5. The maximum atomic E-state index is 12.9. The van der Waals surface area contributed by atoms with Gasteiger partial charge < -0.3 is 14.3 Å². The van der Waals surface area contributed by atoms with E-state index in [0.29, 0.717) is 16.7 Å². The lowest BCUT2D eigenvalue weighted by Gasteiger charge is -2.11. The molecule has 1 aromatic carbocycles. The number of amides is 1. The summed E-state index contributed by atoms with van der Waals surface area (Å²) in [4.78, 5) is 12.3. The number of nitrogens with one attached hydrogen (secondary N) is 1. The van der Waals surface area contributed by atoms with Crippen LogP contribution in [0.25, 0.3) is 11.4 Å². The average molecular weight is 360 g/mol. The molecular formula is C17H17FN4O2S. The second-order valence-corrected chi connectivity index (χ2v) is 6.82. The number of aromatic nitrogens is 3. The third kappa shape index (κ3) is 3.74. The van der Waals surface area contributed by atoms with Gasteiger partial charge in [-0.1, -0.05) is 11.8 Å². The van der Waals surface area contributed by atoms with Crippen molar-refractivity contribution in [3.05, 3.63) is 48.2 Å². The molecule has 3 aromatic rings. The highest BCUT2D eigenvalue weighted by atomic mass is 32.2. The van der Waals surface area contributed by atoms with Crippen LogP contribution >= 0.6 is 11.8 Å². The Morgan fingerprint density at radius 2 is 2.00 bits per heavy atom. The molecule has 6 nitrogen and oxygen atoms in total. The number of furan rings is 1. The molecule has 3 rings (SSSR count). The molecule has 0 radical (unpaired) electrons. The van der Waals surface area contributed by atoms with E-state index >= 15 is 0 Å². The predicted molar refractivity (Wildman–Crippen MR) is 93.8 cm³/mol. The Morgan fingerprint density at radius 1 is 1.28 bits per heavy atom. The standard InChI is InChI=1S/C17H17FN4O2S/c1-10-14(8-9-24-10)15-20-21-17(22(15)3)25-11(2)16(23)19-13-6-4-12(18)5-7-13/h4-9,11H,1-3H3,(H,19,23). The fourth-order valence-electron chi connectivity index (χ4n) is 2.26. The van der Waals surface area contributed by atoms with Crippen LogP contribution in [0, 0.1) is 12.7 Å². The summed E-state index contributed by atoms with van der Waals surface area (Å²) in [7, 11) is 1.84. The number of thioether (sulfide) groups is 1. The topological polar surface area (TPSA) is 72.9 Å². The second kappa shape index (κ2) is 7.10. The molecule has 25 heavy (non-hydrogen) atoms. The Kier molecular flexibility index (Phi) is 4.89. The minimum atomic E-state index is -0.397. The summed E-state index contributed by atoms with van der Waals surface area (Å²) in [6.45, 7) is 3.64. The molecule has 0 aliphatic rings. The lowest BCUT2D eigenvalue weighted by Crippen LogP contribution is -2.22. The van der Waals surface area contributed by atoms with Gasteiger partial charge in [-0.15, -0.1) is 10.2 Å². The van der Waals surface area contributed by atoms with Crippen LogP contribution in [0.5, 0.6) is 0 Å². The summed E-state index contributed by atoms with van der Waals surface area (Å²) in [6.07, 6.45) is 1.60. The minimum absolute atomic E-state index is 0.194. The van der Waals surface area contributed by atoms with Crippen LogP contribution in [0.3, 0.4) is 0 Å². The van der Waals surface area contributed by atoms with E-state index in [1.807, 2.05) is 24.6 Å². The zero-order valence-electron chi connectivity index (χ0n) is 14.0. The number of aryl methyl sites for hydroxylation is 1. The lowest BCUT2D eigenvalue weighted by molar-refractivity contribution is -0.115. The van der Waals surface area contributed by atoms with Crippen LogP contribution in [-0.2, 0) is 11.8 Å². The Hall–Kier alpha value is -2.61. The molecule has 130 valence electrons. The van der Waals surface area contributed by atoms with Gasteiger partial charge in [0, 0.05) is 12.7 Å². The monoisotopic (exact) mass is 360 g/mol. The van der Waals surface area contributed by atoms with Crippen molar-refractivity contribution < 1.29 is 13.6 Å². The van der Waals surface area contributed by atoms with Crippen molar-refractivity contribution in [2.45, 2.75) is 24.3 Å². The molecule has 1 N–H and O–H groups in total. The van der Waals surface area contributed by atoms with Gasteiger partial charge in [0.25, 0.3) is 0 Å². The van der Waals surface area contributed by atoms with Gasteiger partial charge in [-0.3, -0.25) is 4.79 Å². The Balaban J connectivity index is 1.69. The molecule has 0 spiro atoms. The third-order valence-electron chi connectivity index (χ3n) is 3.70. The van der Waals surface area contributed by atoms with Crippen LogP contribution < -0.4 is 5.32 Å². The highest BCUT2D eigenvalue weighted by molar-refractivity contribution is 8.00. The van der Waals surface area contributed by atoms with Crippen LogP contribution in [0.1, 0.15) is 12.7 Å². The summed E-state index contributed by atoms with van der Waals surface area (Å²) in [5.74, 6) is 0.899. The fraction of sp³-hybridized carbons (Fsp3) is 0.235. The van der Waals surface area contributed by atoms with Gasteiger partial charge in [0.15, 0.2) is 11.0 Å². The van der Waals surface area contributed by atoms with E-state index in [9.17, 15) is 9.18 Å². The summed E-state index contributed by atoms with van der Waals surface area (Å²) in [5.41, 5.74) is 1.41. The zero-order chi connectivity index (χ0) is 18.0. The summed E-state index contributed by atoms with van der Waals surface area (Å²) in [5, 5.41) is 11.3. The van der Waals surface area contributed by atoms with E-state index in [0.717, 1.165) is 11.3 Å². The molecule has 0 saturated carbocycles. The first-order chi connectivity index (χ1) is 12.0.